The number of rotatable bonds is 6. The Morgan fingerprint density at radius 1 is 1.15 bits per heavy atom. The Hall–Kier alpha value is -3.86. The van der Waals surface area contributed by atoms with Gasteiger partial charge in [-0.15, -0.1) is 0 Å². The first-order valence-electron chi connectivity index (χ1n) is 9.94. The normalized spacial score (nSPS) is 12.5. The van der Waals surface area contributed by atoms with Crippen molar-refractivity contribution in [1.82, 2.24) is 24.5 Å². The maximum atomic E-state index is 15.3. The van der Waals surface area contributed by atoms with Gasteiger partial charge in [0.25, 0.3) is 0 Å². The highest BCUT2D eigenvalue weighted by Gasteiger charge is 2.41. The highest BCUT2D eigenvalue weighted by Crippen LogP contribution is 2.33. The molecule has 0 fully saturated rings. The fraction of sp³-hybridized carbons (Fsp3) is 0.227. The zero-order chi connectivity index (χ0) is 23.6. The lowest BCUT2D eigenvalue weighted by Crippen LogP contribution is -2.40. The van der Waals surface area contributed by atoms with Crippen LogP contribution in [0.15, 0.2) is 60.2 Å². The highest BCUT2D eigenvalue weighted by atomic mass is 19.3. The Balaban J connectivity index is 1.74. The van der Waals surface area contributed by atoms with Crippen LogP contribution in [0.4, 0.5) is 13.3 Å². The van der Waals surface area contributed by atoms with Crippen LogP contribution in [0.1, 0.15) is 11.3 Å². The minimum absolute atomic E-state index is 0.335. The smallest absolute Gasteiger partial charge is 0.334 e. The molecule has 4 aromatic rings. The lowest BCUT2D eigenvalue weighted by atomic mass is 10.0. The maximum Gasteiger partial charge on any atom is 0.334 e. The highest BCUT2D eigenvalue weighted by molar-refractivity contribution is 5.92. The van der Waals surface area contributed by atoms with E-state index in [4.69, 9.17) is 10.1 Å². The average Bonchev–Trinajstić information content (AvgIpc) is 3.28. The Labute approximate surface area is 186 Å². The third kappa shape index (κ3) is 4.40. The molecule has 1 aromatic carbocycles. The maximum absolute atomic E-state index is 15.3. The molecule has 0 unspecified atom stereocenters. The number of alkyl halides is 2. The fourth-order valence-electron chi connectivity index (χ4n) is 3.33. The van der Waals surface area contributed by atoms with E-state index in [1.807, 2.05) is 6.20 Å². The quantitative estimate of drug-likeness (QED) is 0.355. The van der Waals surface area contributed by atoms with Crippen molar-refractivity contribution >= 4 is 16.7 Å². The molecule has 0 bridgehead atoms. The first-order chi connectivity index (χ1) is 15.8. The summed E-state index contributed by atoms with van der Waals surface area (Å²) in [7, 11) is 1.60. The largest absolute Gasteiger partial charge is 0.383 e. The van der Waals surface area contributed by atoms with Gasteiger partial charge in [0, 0.05) is 41.6 Å². The average molecular weight is 455 g/mol. The van der Waals surface area contributed by atoms with Gasteiger partial charge in [0.1, 0.15) is 5.49 Å². The lowest BCUT2D eigenvalue weighted by Gasteiger charge is -2.19. The van der Waals surface area contributed by atoms with Crippen LogP contribution in [-0.4, -0.2) is 44.1 Å². The predicted octanol–water partition coefficient (Wildman–Crippen LogP) is 3.65. The minimum atomic E-state index is -3.86. The van der Waals surface area contributed by atoms with Gasteiger partial charge in [-0.3, -0.25) is 15.1 Å². The van der Waals surface area contributed by atoms with E-state index < -0.39 is 22.8 Å². The van der Waals surface area contributed by atoms with Crippen LogP contribution in [0.2, 0.25) is 0 Å². The number of benzene rings is 1. The number of aromatic nitrogens is 5. The number of nitrogens with zero attached hydrogens (tertiary/aromatic N) is 6. The number of hydrogen-bond donors (Lipinski definition) is 1. The van der Waals surface area contributed by atoms with Gasteiger partial charge in [-0.1, -0.05) is 15.8 Å². The Bertz CT molecular complexity index is 1390. The monoisotopic (exact) mass is 455 g/mol. The molecule has 0 aliphatic carbocycles. The second kappa shape index (κ2) is 8.94. The fourth-order valence-corrected chi connectivity index (χ4v) is 3.33. The Morgan fingerprint density at radius 2 is 1.97 bits per heavy atom. The summed E-state index contributed by atoms with van der Waals surface area (Å²) in [5.41, 5.74) is 1.35. The molecule has 11 heteroatoms. The number of pyridine rings is 1. The molecule has 170 valence electrons. The van der Waals surface area contributed by atoms with Crippen molar-refractivity contribution in [2.45, 2.75) is 19.4 Å². The summed E-state index contributed by atoms with van der Waals surface area (Å²) in [6, 6.07) is 8.23. The number of methoxy groups -OCH3 is 1. The molecule has 4 rings (SSSR count). The molecule has 0 amide bonds. The van der Waals surface area contributed by atoms with E-state index in [-0.39, 0.29) is 0 Å². The van der Waals surface area contributed by atoms with Crippen molar-refractivity contribution < 1.29 is 18.0 Å². The first kappa shape index (κ1) is 22.3. The van der Waals surface area contributed by atoms with Crippen molar-refractivity contribution in [1.29, 1.82) is 5.41 Å². The van der Waals surface area contributed by atoms with Crippen LogP contribution >= 0.6 is 0 Å². The molecule has 8 nitrogen and oxygen atoms in total. The Morgan fingerprint density at radius 3 is 2.73 bits per heavy atom. The molecule has 3 heterocycles. The molecule has 0 radical (unpaired) electrons. The van der Waals surface area contributed by atoms with Gasteiger partial charge < -0.3 is 4.74 Å². The molecule has 0 saturated carbocycles. The van der Waals surface area contributed by atoms with Gasteiger partial charge in [-0.05, 0) is 37.3 Å². The molecule has 0 atom stereocenters. The van der Waals surface area contributed by atoms with Crippen LogP contribution in [-0.2, 0) is 17.2 Å². The molecular weight excluding hydrogens is 435 g/mol. The summed E-state index contributed by atoms with van der Waals surface area (Å²) in [6.45, 7) is 2.62. The number of fused-ring (bicyclic) bond motifs is 1. The summed E-state index contributed by atoms with van der Waals surface area (Å²) < 4.78 is 51.4. The van der Waals surface area contributed by atoms with Crippen molar-refractivity contribution in [3.63, 3.8) is 0 Å². The Kier molecular flexibility index (Phi) is 6.05. The van der Waals surface area contributed by atoms with Gasteiger partial charge in [-0.2, -0.15) is 23.7 Å². The number of aryl methyl sites for hydroxylation is 1. The molecule has 0 aliphatic heterocycles. The van der Waals surface area contributed by atoms with Gasteiger partial charge in [-0.25, -0.2) is 0 Å². The van der Waals surface area contributed by atoms with Gasteiger partial charge in [0.2, 0.25) is 5.84 Å². The van der Waals surface area contributed by atoms with Crippen LogP contribution in [0.5, 0.6) is 0 Å². The number of hydrogen-bond acceptors (Lipinski definition) is 6. The van der Waals surface area contributed by atoms with E-state index >= 15 is 8.78 Å². The molecule has 1 N–H and O–H groups in total. The minimum Gasteiger partial charge on any atom is -0.383 e. The molecule has 0 saturated heterocycles. The zero-order valence-corrected chi connectivity index (χ0v) is 17.8. The van der Waals surface area contributed by atoms with Crippen LogP contribution in [0.3, 0.4) is 0 Å². The third-order valence-electron chi connectivity index (χ3n) is 5.06. The van der Waals surface area contributed by atoms with E-state index in [2.05, 4.69) is 20.4 Å². The predicted molar refractivity (Wildman–Crippen MR) is 115 cm³/mol. The topological polar surface area (TPSA) is 94.0 Å². The van der Waals surface area contributed by atoms with Gasteiger partial charge in [0.05, 0.1) is 30.6 Å². The van der Waals surface area contributed by atoms with Gasteiger partial charge in [0.15, 0.2) is 0 Å². The van der Waals surface area contributed by atoms with Crippen LogP contribution < -0.4 is 5.49 Å². The van der Waals surface area contributed by atoms with E-state index in [9.17, 15) is 4.48 Å². The zero-order valence-electron chi connectivity index (χ0n) is 17.8. The summed E-state index contributed by atoms with van der Waals surface area (Å²) >= 11 is 0. The molecule has 0 spiro atoms. The summed E-state index contributed by atoms with van der Waals surface area (Å²) in [5.74, 6) is -5.15. The molecule has 0 aliphatic rings. The molecular formula is C22H20F3N7O. The summed E-state index contributed by atoms with van der Waals surface area (Å²) in [6.07, 6.45) is 5.09. The third-order valence-corrected chi connectivity index (χ3v) is 5.06. The van der Waals surface area contributed by atoms with Crippen molar-refractivity contribution in [3.05, 3.63) is 71.7 Å². The van der Waals surface area contributed by atoms with Crippen LogP contribution in [0, 0.1) is 12.3 Å². The number of ether oxygens (including phenoxy) is 1. The standard InChI is InChI=1S/C22H20F3N7O/c1-14-3-6-20(26)32(30-14)21(29-25)22(23,24)18-4-5-19-15(10-18)9-16(11-27-19)17-12-28-31(13-17)7-8-33-2/h3-6,9-13,26H,7-8H2,1-2H3/b26-20?,29-21+. The second-order valence-corrected chi connectivity index (χ2v) is 7.37. The summed E-state index contributed by atoms with van der Waals surface area (Å²) in [4.78, 5) is 4.34. The van der Waals surface area contributed by atoms with E-state index in [0.29, 0.717) is 40.0 Å². The first-order valence-corrected chi connectivity index (χ1v) is 9.94. The number of halogens is 3. The van der Waals surface area contributed by atoms with E-state index in [0.717, 1.165) is 11.6 Å². The molecule has 3 aromatic heterocycles. The number of nitrogens with one attached hydrogen (secondary N) is 1. The summed E-state index contributed by atoms with van der Waals surface area (Å²) in [5, 5.41) is 18.6. The van der Waals surface area contributed by atoms with Crippen LogP contribution in [0.25, 0.3) is 22.0 Å². The van der Waals surface area contributed by atoms with Gasteiger partial charge >= 0.3 is 5.92 Å². The van der Waals surface area contributed by atoms with Crippen molar-refractivity contribution in [2.24, 2.45) is 5.21 Å². The lowest BCUT2D eigenvalue weighted by molar-refractivity contribution is 0.0685. The second-order valence-electron chi connectivity index (χ2n) is 7.37. The van der Waals surface area contributed by atoms with E-state index in [1.165, 1.54) is 24.3 Å². The van der Waals surface area contributed by atoms with Crippen molar-refractivity contribution in [3.8, 4) is 11.1 Å². The van der Waals surface area contributed by atoms with E-state index in [1.54, 1.807) is 37.2 Å². The van der Waals surface area contributed by atoms with Crippen molar-refractivity contribution in [2.75, 3.05) is 13.7 Å². The molecule has 33 heavy (non-hydrogen) atoms. The SMILES string of the molecule is COCCn1cc(-c2cnc3ccc(C(F)(F)/C(=N\F)n4nc(C)ccc4=N)cc3c2)cn1.